The summed E-state index contributed by atoms with van der Waals surface area (Å²) in [6.07, 6.45) is 1.47. The van der Waals surface area contributed by atoms with Gasteiger partial charge in [0.05, 0.1) is 38.2 Å². The Bertz CT molecular complexity index is 926. The predicted octanol–water partition coefficient (Wildman–Crippen LogP) is 1.46. The molecule has 5 rings (SSSR count). The molecule has 1 saturated heterocycles. The molecule has 1 spiro atoms. The van der Waals surface area contributed by atoms with Gasteiger partial charge in [-0.2, -0.15) is 0 Å². The number of methoxy groups -OCH3 is 2. The van der Waals surface area contributed by atoms with E-state index in [9.17, 15) is 14.4 Å². The number of ketones is 1. The quantitative estimate of drug-likeness (QED) is 0.730. The lowest BCUT2D eigenvalue weighted by atomic mass is 9.64. The summed E-state index contributed by atoms with van der Waals surface area (Å²) in [4.78, 5) is 41.0. The molecule has 7 heteroatoms. The van der Waals surface area contributed by atoms with E-state index in [0.29, 0.717) is 37.3 Å². The van der Waals surface area contributed by atoms with Crippen LogP contribution < -0.4 is 9.47 Å². The molecule has 4 aliphatic rings. The summed E-state index contributed by atoms with van der Waals surface area (Å²) in [5, 5.41) is 0. The molecular weight excluding hydrogens is 362 g/mol. The molecule has 0 aromatic heterocycles. The van der Waals surface area contributed by atoms with Crippen molar-refractivity contribution in [3.63, 3.8) is 0 Å². The van der Waals surface area contributed by atoms with Gasteiger partial charge >= 0.3 is 5.97 Å². The minimum Gasteiger partial charge on any atom is -0.493 e. The maximum atomic E-state index is 13.2. The van der Waals surface area contributed by atoms with Crippen LogP contribution in [0.4, 0.5) is 0 Å². The van der Waals surface area contributed by atoms with E-state index >= 15 is 0 Å². The molecule has 4 atom stereocenters. The van der Waals surface area contributed by atoms with Gasteiger partial charge in [-0.15, -0.1) is 0 Å². The number of Topliss-reactive ketones (excluding diaryl/α,β-unsaturated/α-hetero) is 1. The van der Waals surface area contributed by atoms with Crippen LogP contribution in [0, 0.1) is 17.3 Å². The molecule has 1 amide bonds. The molecule has 0 radical (unpaired) electrons. The van der Waals surface area contributed by atoms with E-state index in [1.54, 1.807) is 21.1 Å². The maximum Gasteiger partial charge on any atom is 0.316 e. The molecule has 3 fully saturated rings. The summed E-state index contributed by atoms with van der Waals surface area (Å²) >= 11 is 0. The summed E-state index contributed by atoms with van der Waals surface area (Å²) in [5.74, 6) is -0.492. The zero-order chi connectivity index (χ0) is 19.8. The Labute approximate surface area is 162 Å². The molecule has 0 bridgehead atoms. The summed E-state index contributed by atoms with van der Waals surface area (Å²) in [6, 6.07) is 3.83. The van der Waals surface area contributed by atoms with Gasteiger partial charge in [0.1, 0.15) is 11.2 Å². The second-order valence-electron chi connectivity index (χ2n) is 7.98. The van der Waals surface area contributed by atoms with Crippen LogP contribution in [0.25, 0.3) is 0 Å². The van der Waals surface area contributed by atoms with Crippen LogP contribution in [0.2, 0.25) is 0 Å². The van der Waals surface area contributed by atoms with Crippen LogP contribution >= 0.6 is 0 Å². The summed E-state index contributed by atoms with van der Waals surface area (Å²) < 4.78 is 16.4. The Hall–Kier alpha value is -2.57. The van der Waals surface area contributed by atoms with Gasteiger partial charge in [0.15, 0.2) is 11.5 Å². The van der Waals surface area contributed by atoms with Gasteiger partial charge in [0, 0.05) is 13.0 Å². The van der Waals surface area contributed by atoms with Gasteiger partial charge in [-0.1, -0.05) is 0 Å². The van der Waals surface area contributed by atoms with Crippen molar-refractivity contribution in [3.8, 4) is 11.5 Å². The number of piperidine rings is 1. The number of amides is 1. The fourth-order valence-electron chi connectivity index (χ4n) is 6.28. The van der Waals surface area contributed by atoms with Gasteiger partial charge in [0.25, 0.3) is 0 Å². The number of nitrogens with zero attached hydrogens (tertiary/aromatic N) is 1. The molecular formula is C21H23NO6. The monoisotopic (exact) mass is 385 g/mol. The molecule has 2 aliphatic carbocycles. The van der Waals surface area contributed by atoms with E-state index in [1.165, 1.54) is 0 Å². The Balaban J connectivity index is 1.78. The molecule has 2 aliphatic heterocycles. The lowest BCUT2D eigenvalue weighted by Gasteiger charge is -2.51. The van der Waals surface area contributed by atoms with Crippen molar-refractivity contribution in [2.75, 3.05) is 27.4 Å². The number of ether oxygens (including phenoxy) is 3. The van der Waals surface area contributed by atoms with E-state index in [4.69, 9.17) is 14.2 Å². The van der Waals surface area contributed by atoms with Crippen LogP contribution in [0.5, 0.6) is 11.5 Å². The topological polar surface area (TPSA) is 82.1 Å². The fraction of sp³-hybridized carbons (Fsp3) is 0.571. The smallest absolute Gasteiger partial charge is 0.316 e. The highest BCUT2D eigenvalue weighted by molar-refractivity contribution is 6.10. The lowest BCUT2D eigenvalue weighted by molar-refractivity contribution is -0.163. The average molecular weight is 385 g/mol. The first-order valence-electron chi connectivity index (χ1n) is 9.75. The first kappa shape index (κ1) is 17.5. The van der Waals surface area contributed by atoms with Crippen molar-refractivity contribution in [3.05, 3.63) is 23.3 Å². The second-order valence-corrected chi connectivity index (χ2v) is 7.98. The molecule has 7 nitrogen and oxygen atoms in total. The molecule has 2 saturated carbocycles. The first-order valence-corrected chi connectivity index (χ1v) is 9.75. The number of rotatable bonds is 4. The molecule has 0 N–H and O–H groups in total. The molecule has 1 aromatic rings. The molecule has 1 aromatic carbocycles. The first-order chi connectivity index (χ1) is 13.5. The van der Waals surface area contributed by atoms with Crippen molar-refractivity contribution in [1.82, 2.24) is 4.90 Å². The highest BCUT2D eigenvalue weighted by atomic mass is 16.5. The van der Waals surface area contributed by atoms with E-state index in [2.05, 4.69) is 0 Å². The second kappa shape index (κ2) is 5.49. The van der Waals surface area contributed by atoms with Gasteiger partial charge in [-0.05, 0) is 43.0 Å². The fourth-order valence-corrected chi connectivity index (χ4v) is 6.28. The van der Waals surface area contributed by atoms with Crippen molar-refractivity contribution >= 4 is 17.7 Å². The maximum absolute atomic E-state index is 13.2. The lowest BCUT2D eigenvalue weighted by Crippen LogP contribution is -2.59. The third kappa shape index (κ3) is 1.65. The number of benzene rings is 1. The van der Waals surface area contributed by atoms with Gasteiger partial charge in [-0.3, -0.25) is 14.4 Å². The zero-order valence-corrected chi connectivity index (χ0v) is 16.2. The zero-order valence-electron chi connectivity index (χ0n) is 16.2. The van der Waals surface area contributed by atoms with Crippen molar-refractivity contribution in [2.45, 2.75) is 31.7 Å². The van der Waals surface area contributed by atoms with E-state index in [1.807, 2.05) is 17.0 Å². The number of fused-ring (bicyclic) bond motifs is 2. The molecule has 148 valence electrons. The SMILES string of the molecule is CCOC(=O)[C@]12C3C(=O)N4CCc5cc(OC)c(OC)cc5[C@@]41CCC(=O)[C@@H]32. The summed E-state index contributed by atoms with van der Waals surface area (Å²) in [5.41, 5.74) is -0.0157. The largest absolute Gasteiger partial charge is 0.493 e. The molecule has 2 heterocycles. The third-order valence-electron chi connectivity index (χ3n) is 7.24. The van der Waals surface area contributed by atoms with E-state index in [-0.39, 0.29) is 18.3 Å². The normalized spacial score (nSPS) is 34.3. The summed E-state index contributed by atoms with van der Waals surface area (Å²) in [7, 11) is 3.15. The number of hydrogen-bond donors (Lipinski definition) is 0. The van der Waals surface area contributed by atoms with Crippen LogP contribution in [-0.2, 0) is 31.1 Å². The standard InChI is InChI=1S/C21H23NO6/c1-4-28-19(25)21-16-13(23)5-7-20(21)12-10-15(27-3)14(26-2)9-11(12)6-8-22(20)18(24)17(16)21/h9-10,16-17H,4-8H2,1-3H3/t16-,17?,20+,21-/m0/s1. The van der Waals surface area contributed by atoms with Crippen LogP contribution in [0.15, 0.2) is 12.1 Å². The van der Waals surface area contributed by atoms with E-state index in [0.717, 1.165) is 11.1 Å². The number of carbonyl (C=O) groups is 3. The van der Waals surface area contributed by atoms with Crippen LogP contribution in [0.3, 0.4) is 0 Å². The van der Waals surface area contributed by atoms with Crippen LogP contribution in [-0.4, -0.2) is 49.9 Å². The van der Waals surface area contributed by atoms with Gasteiger partial charge in [-0.25, -0.2) is 0 Å². The highest BCUT2D eigenvalue weighted by Crippen LogP contribution is 2.79. The Morgan fingerprint density at radius 3 is 2.54 bits per heavy atom. The van der Waals surface area contributed by atoms with Gasteiger partial charge in [0.2, 0.25) is 5.91 Å². The van der Waals surface area contributed by atoms with Crippen molar-refractivity contribution < 1.29 is 28.6 Å². The number of carbonyl (C=O) groups excluding carboxylic acids is 3. The van der Waals surface area contributed by atoms with Crippen molar-refractivity contribution in [2.24, 2.45) is 17.3 Å². The molecule has 28 heavy (non-hydrogen) atoms. The van der Waals surface area contributed by atoms with Crippen LogP contribution in [0.1, 0.15) is 30.9 Å². The Kier molecular flexibility index (Phi) is 3.44. The number of esters is 1. The minimum absolute atomic E-state index is 0.00396. The van der Waals surface area contributed by atoms with Gasteiger partial charge < -0.3 is 19.1 Å². The number of hydrogen-bond acceptors (Lipinski definition) is 6. The minimum atomic E-state index is -1.11. The average Bonchev–Trinajstić information content (AvgIpc) is 3.37. The Morgan fingerprint density at radius 2 is 1.86 bits per heavy atom. The third-order valence-corrected chi connectivity index (χ3v) is 7.24. The van der Waals surface area contributed by atoms with Crippen molar-refractivity contribution in [1.29, 1.82) is 0 Å². The predicted molar refractivity (Wildman–Crippen MR) is 96.9 cm³/mol. The highest BCUT2D eigenvalue weighted by Gasteiger charge is 2.92. The summed E-state index contributed by atoms with van der Waals surface area (Å²) in [6.45, 7) is 2.50. The Morgan fingerprint density at radius 1 is 1.14 bits per heavy atom. The molecule has 1 unspecified atom stereocenters. The van der Waals surface area contributed by atoms with E-state index < -0.39 is 28.8 Å².